The molecule has 47 heavy (non-hydrogen) atoms. The standard InChI is InChI=1S/C35H40N4O6S2/c1-24(26-13-9-6-10-14-26)37-34(41)27-20-28(22-29(21-27)39(2)47(4,43)44)35(42)38-32(19-25-11-7-5-8-12-25)33(40)23-36-46-31-17-15-30(45-3)16-18-31/h5-18,20-22,24,32-33,36,40H,19,23H2,1-4H3,(H,37,41)(H,38,42). The highest BCUT2D eigenvalue weighted by atomic mass is 32.2. The maximum Gasteiger partial charge on any atom is 0.251 e. The van der Waals surface area contributed by atoms with E-state index >= 15 is 0 Å². The van der Waals surface area contributed by atoms with Crippen molar-refractivity contribution in [3.05, 3.63) is 125 Å². The molecule has 0 radical (unpaired) electrons. The topological polar surface area (TPSA) is 137 Å². The number of aliphatic hydroxyl groups excluding tert-OH is 1. The molecule has 4 aromatic rings. The summed E-state index contributed by atoms with van der Waals surface area (Å²) in [5.41, 5.74) is 2.13. The Morgan fingerprint density at radius 2 is 1.45 bits per heavy atom. The Morgan fingerprint density at radius 3 is 2.02 bits per heavy atom. The van der Waals surface area contributed by atoms with E-state index in [-0.39, 0.29) is 29.4 Å². The maximum absolute atomic E-state index is 13.8. The van der Waals surface area contributed by atoms with Gasteiger partial charge in [0, 0.05) is 29.6 Å². The van der Waals surface area contributed by atoms with Crippen molar-refractivity contribution in [1.82, 2.24) is 15.4 Å². The summed E-state index contributed by atoms with van der Waals surface area (Å²) in [4.78, 5) is 28.1. The lowest BCUT2D eigenvalue weighted by Gasteiger charge is -2.25. The summed E-state index contributed by atoms with van der Waals surface area (Å²) < 4.78 is 34.3. The zero-order valence-electron chi connectivity index (χ0n) is 26.7. The van der Waals surface area contributed by atoms with Gasteiger partial charge in [0.1, 0.15) is 5.75 Å². The molecule has 4 N–H and O–H groups in total. The van der Waals surface area contributed by atoms with Crippen LogP contribution in [0.15, 0.2) is 108 Å². The van der Waals surface area contributed by atoms with Crippen LogP contribution in [-0.2, 0) is 16.4 Å². The van der Waals surface area contributed by atoms with Crippen molar-refractivity contribution in [3.63, 3.8) is 0 Å². The molecule has 10 nitrogen and oxygen atoms in total. The lowest BCUT2D eigenvalue weighted by atomic mass is 10.00. The van der Waals surface area contributed by atoms with E-state index in [9.17, 15) is 23.1 Å². The van der Waals surface area contributed by atoms with Gasteiger partial charge in [-0.3, -0.25) is 18.6 Å². The van der Waals surface area contributed by atoms with Gasteiger partial charge in [0.15, 0.2) is 0 Å². The quantitative estimate of drug-likeness (QED) is 0.134. The van der Waals surface area contributed by atoms with E-state index in [0.29, 0.717) is 6.42 Å². The molecule has 0 saturated carbocycles. The predicted molar refractivity (Wildman–Crippen MR) is 186 cm³/mol. The average Bonchev–Trinajstić information content (AvgIpc) is 3.08. The van der Waals surface area contributed by atoms with Crippen molar-refractivity contribution < 1.29 is 27.9 Å². The molecule has 3 atom stereocenters. The third-order valence-electron chi connectivity index (χ3n) is 7.57. The van der Waals surface area contributed by atoms with Crippen molar-refractivity contribution in [3.8, 4) is 5.75 Å². The number of rotatable bonds is 15. The van der Waals surface area contributed by atoms with Gasteiger partial charge in [-0.25, -0.2) is 8.42 Å². The van der Waals surface area contributed by atoms with Crippen LogP contribution in [0.1, 0.15) is 44.8 Å². The molecule has 2 amide bonds. The number of benzene rings is 4. The Bertz CT molecular complexity index is 1740. The lowest BCUT2D eigenvalue weighted by Crippen LogP contribution is -2.48. The Morgan fingerprint density at radius 1 is 0.872 bits per heavy atom. The maximum atomic E-state index is 13.8. The van der Waals surface area contributed by atoms with E-state index in [1.54, 1.807) is 7.11 Å². The molecule has 0 aliphatic carbocycles. The number of aliphatic hydroxyl groups is 1. The minimum Gasteiger partial charge on any atom is -0.497 e. The van der Waals surface area contributed by atoms with Crippen LogP contribution in [0.5, 0.6) is 5.75 Å². The third kappa shape index (κ3) is 10.3. The van der Waals surface area contributed by atoms with Gasteiger partial charge in [-0.1, -0.05) is 60.7 Å². The van der Waals surface area contributed by atoms with Crippen molar-refractivity contribution in [2.75, 3.05) is 31.3 Å². The van der Waals surface area contributed by atoms with Crippen molar-refractivity contribution in [2.24, 2.45) is 0 Å². The highest BCUT2D eigenvalue weighted by Crippen LogP contribution is 2.23. The summed E-state index contributed by atoms with van der Waals surface area (Å²) in [6.07, 6.45) is 0.370. The number of methoxy groups -OCH3 is 1. The molecule has 4 aromatic carbocycles. The van der Waals surface area contributed by atoms with Gasteiger partial charge in [-0.05, 0) is 78.9 Å². The van der Waals surface area contributed by atoms with Crippen molar-refractivity contribution in [2.45, 2.75) is 36.4 Å². The van der Waals surface area contributed by atoms with Gasteiger partial charge in [-0.2, -0.15) is 0 Å². The monoisotopic (exact) mass is 676 g/mol. The summed E-state index contributed by atoms with van der Waals surface area (Å²) in [5.74, 6) is -0.306. The molecule has 12 heteroatoms. The minimum absolute atomic E-state index is 0.0707. The molecule has 0 spiro atoms. The number of sulfonamides is 1. The molecule has 0 fully saturated rings. The van der Waals surface area contributed by atoms with Crippen LogP contribution in [0.3, 0.4) is 0 Å². The first-order valence-electron chi connectivity index (χ1n) is 15.0. The first-order chi connectivity index (χ1) is 22.4. The number of nitrogens with zero attached hydrogens (tertiary/aromatic N) is 1. The minimum atomic E-state index is -3.71. The van der Waals surface area contributed by atoms with Crippen LogP contribution < -0.4 is 24.4 Å². The smallest absolute Gasteiger partial charge is 0.251 e. The van der Waals surface area contributed by atoms with E-state index in [1.807, 2.05) is 91.9 Å². The molecule has 248 valence electrons. The summed E-state index contributed by atoms with van der Waals surface area (Å²) in [6, 6.07) is 29.5. The number of carbonyl (C=O) groups excluding carboxylic acids is 2. The van der Waals surface area contributed by atoms with Gasteiger partial charge < -0.3 is 20.5 Å². The number of anilines is 1. The van der Waals surface area contributed by atoms with Crippen LogP contribution in [0.2, 0.25) is 0 Å². The first kappa shape index (κ1) is 35.5. The SMILES string of the molecule is COc1ccc(SNCC(O)C(Cc2ccccc2)NC(=O)c2cc(C(=O)NC(C)c3ccccc3)cc(N(C)S(C)(=O)=O)c2)cc1. The average molecular weight is 677 g/mol. The fraction of sp³-hybridized carbons (Fsp3) is 0.257. The van der Waals surface area contributed by atoms with E-state index in [1.165, 1.54) is 37.2 Å². The van der Waals surface area contributed by atoms with Crippen LogP contribution >= 0.6 is 11.9 Å². The Kier molecular flexibility index (Phi) is 12.4. The zero-order chi connectivity index (χ0) is 34.0. The number of hydrogen-bond donors (Lipinski definition) is 4. The van der Waals surface area contributed by atoms with E-state index < -0.39 is 34.0 Å². The molecule has 0 bridgehead atoms. The highest BCUT2D eigenvalue weighted by Gasteiger charge is 2.25. The van der Waals surface area contributed by atoms with Crippen LogP contribution in [0.4, 0.5) is 5.69 Å². The summed E-state index contributed by atoms with van der Waals surface area (Å²) in [5, 5.41) is 17.1. The van der Waals surface area contributed by atoms with Crippen molar-refractivity contribution in [1.29, 1.82) is 0 Å². The Hall–Kier alpha value is -4.36. The Labute approximate surface area is 280 Å². The normalized spacial score (nSPS) is 13.2. The zero-order valence-corrected chi connectivity index (χ0v) is 28.3. The van der Waals surface area contributed by atoms with Gasteiger partial charge in [-0.15, -0.1) is 0 Å². The molecule has 0 saturated heterocycles. The van der Waals surface area contributed by atoms with Crippen LogP contribution in [-0.4, -0.2) is 64.4 Å². The molecule has 3 unspecified atom stereocenters. The van der Waals surface area contributed by atoms with Gasteiger partial charge in [0.2, 0.25) is 10.0 Å². The van der Waals surface area contributed by atoms with Gasteiger partial charge >= 0.3 is 0 Å². The summed E-state index contributed by atoms with van der Waals surface area (Å²) in [7, 11) is -0.756. The second-order valence-electron chi connectivity index (χ2n) is 11.1. The largest absolute Gasteiger partial charge is 0.497 e. The van der Waals surface area contributed by atoms with Crippen molar-refractivity contribution >= 4 is 39.5 Å². The van der Waals surface area contributed by atoms with E-state index in [0.717, 1.165) is 32.3 Å². The summed E-state index contributed by atoms with van der Waals surface area (Å²) >= 11 is 1.34. The summed E-state index contributed by atoms with van der Waals surface area (Å²) in [6.45, 7) is 1.99. The number of carbonyl (C=O) groups is 2. The van der Waals surface area contributed by atoms with Crippen LogP contribution in [0, 0.1) is 0 Å². The van der Waals surface area contributed by atoms with Crippen LogP contribution in [0.25, 0.3) is 0 Å². The second-order valence-corrected chi connectivity index (χ2v) is 14.0. The van der Waals surface area contributed by atoms with E-state index in [2.05, 4.69) is 15.4 Å². The molecule has 0 heterocycles. The van der Waals surface area contributed by atoms with Gasteiger partial charge in [0.25, 0.3) is 11.8 Å². The molecular formula is C35H40N4O6S2. The molecule has 0 aromatic heterocycles. The molecule has 4 rings (SSSR count). The molecular weight excluding hydrogens is 637 g/mol. The number of amides is 2. The molecule has 0 aliphatic rings. The Balaban J connectivity index is 1.57. The number of hydrogen-bond acceptors (Lipinski definition) is 8. The fourth-order valence-corrected chi connectivity index (χ4v) is 5.93. The predicted octanol–water partition coefficient (Wildman–Crippen LogP) is 4.58. The number of nitrogens with one attached hydrogen (secondary N) is 3. The third-order valence-corrected chi connectivity index (χ3v) is 9.60. The highest BCUT2D eigenvalue weighted by molar-refractivity contribution is 7.97. The molecule has 0 aliphatic heterocycles. The second kappa shape index (κ2) is 16.5. The number of ether oxygens (including phenoxy) is 1. The van der Waals surface area contributed by atoms with E-state index in [4.69, 9.17) is 4.74 Å². The fourth-order valence-electron chi connectivity index (χ4n) is 4.75. The first-order valence-corrected chi connectivity index (χ1v) is 17.6. The lowest BCUT2D eigenvalue weighted by molar-refractivity contribution is 0.0841. The van der Waals surface area contributed by atoms with Gasteiger partial charge in [0.05, 0.1) is 37.2 Å².